The van der Waals surface area contributed by atoms with Crippen molar-refractivity contribution in [2.45, 2.75) is 58.4 Å². The van der Waals surface area contributed by atoms with Crippen LogP contribution in [0.2, 0.25) is 0 Å². The highest BCUT2D eigenvalue weighted by Crippen LogP contribution is 2.29. The highest BCUT2D eigenvalue weighted by molar-refractivity contribution is 7.92. The Morgan fingerprint density at radius 1 is 0.947 bits per heavy atom. The summed E-state index contributed by atoms with van der Waals surface area (Å²) in [6, 6.07) is 20.4. The molecule has 0 saturated carbocycles. The first-order valence-corrected chi connectivity index (χ1v) is 14.8. The van der Waals surface area contributed by atoms with Crippen molar-refractivity contribution >= 4 is 27.3 Å². The molecule has 1 saturated heterocycles. The van der Waals surface area contributed by atoms with E-state index in [9.17, 15) is 13.2 Å². The minimum absolute atomic E-state index is 0.160. The topological polar surface area (TPSA) is 69.7 Å². The Morgan fingerprint density at radius 3 is 2.18 bits per heavy atom. The Bertz CT molecular complexity index is 1360. The lowest BCUT2D eigenvalue weighted by atomic mass is 9.98. The first-order valence-electron chi connectivity index (χ1n) is 13.4. The Morgan fingerprint density at radius 2 is 1.55 bits per heavy atom. The molecule has 1 atom stereocenters. The molecule has 0 spiro atoms. The number of nitrogens with zero attached hydrogens (tertiary/aromatic N) is 2. The van der Waals surface area contributed by atoms with Gasteiger partial charge >= 0.3 is 0 Å². The summed E-state index contributed by atoms with van der Waals surface area (Å²) in [4.78, 5) is 15.8. The van der Waals surface area contributed by atoms with Gasteiger partial charge in [0.25, 0.3) is 10.0 Å². The molecule has 1 N–H and O–H groups in total. The number of hydrogen-bond donors (Lipinski definition) is 1. The third-order valence-corrected chi connectivity index (χ3v) is 9.22. The van der Waals surface area contributed by atoms with Crippen LogP contribution >= 0.6 is 0 Å². The van der Waals surface area contributed by atoms with Gasteiger partial charge in [0, 0.05) is 18.8 Å². The molecule has 1 heterocycles. The van der Waals surface area contributed by atoms with E-state index in [1.54, 1.807) is 24.3 Å². The lowest BCUT2D eigenvalue weighted by Crippen LogP contribution is -2.42. The van der Waals surface area contributed by atoms with E-state index in [1.165, 1.54) is 22.8 Å². The summed E-state index contributed by atoms with van der Waals surface area (Å²) < 4.78 is 28.7. The number of aryl methyl sites for hydroxylation is 3. The monoisotopic (exact) mass is 533 g/mol. The van der Waals surface area contributed by atoms with Crippen LogP contribution in [0, 0.1) is 26.7 Å². The van der Waals surface area contributed by atoms with Gasteiger partial charge in [-0.1, -0.05) is 48.9 Å². The summed E-state index contributed by atoms with van der Waals surface area (Å²) in [5.41, 5.74) is 5.36. The van der Waals surface area contributed by atoms with E-state index in [0.29, 0.717) is 5.69 Å². The second kappa shape index (κ2) is 11.6. The van der Waals surface area contributed by atoms with Crippen molar-refractivity contribution in [1.29, 1.82) is 0 Å². The summed E-state index contributed by atoms with van der Waals surface area (Å²) in [7, 11) is -3.96. The number of benzene rings is 3. The van der Waals surface area contributed by atoms with E-state index in [-0.39, 0.29) is 23.4 Å². The minimum Gasteiger partial charge on any atom is -0.372 e. The van der Waals surface area contributed by atoms with Crippen molar-refractivity contribution in [1.82, 2.24) is 5.32 Å². The molecule has 1 aliphatic rings. The van der Waals surface area contributed by atoms with Gasteiger partial charge in [-0.3, -0.25) is 9.10 Å². The molecular formula is C31H39N3O3S. The third-order valence-electron chi connectivity index (χ3n) is 7.45. The summed E-state index contributed by atoms with van der Waals surface area (Å²) in [5.74, 6) is 0.418. The summed E-state index contributed by atoms with van der Waals surface area (Å²) >= 11 is 0. The maximum Gasteiger partial charge on any atom is 0.264 e. The number of rotatable bonds is 8. The second-order valence-electron chi connectivity index (χ2n) is 10.7. The highest BCUT2D eigenvalue weighted by Gasteiger charge is 2.29. The first kappa shape index (κ1) is 27.7. The zero-order valence-corrected chi connectivity index (χ0v) is 23.9. The van der Waals surface area contributed by atoms with Gasteiger partial charge in [0.05, 0.1) is 16.6 Å². The molecule has 1 fully saturated rings. The summed E-state index contributed by atoms with van der Waals surface area (Å²) in [5, 5.41) is 3.01. The zero-order valence-electron chi connectivity index (χ0n) is 23.1. The molecule has 1 amide bonds. The van der Waals surface area contributed by atoms with Crippen LogP contribution in [0.5, 0.6) is 0 Å². The van der Waals surface area contributed by atoms with Crippen molar-refractivity contribution < 1.29 is 13.2 Å². The normalized spacial score (nSPS) is 15.2. The van der Waals surface area contributed by atoms with E-state index < -0.39 is 10.0 Å². The molecule has 1 unspecified atom stereocenters. The standard InChI is InChI=1S/C31H39N3O3S/c1-22-7-14-29(15-8-22)38(36,37)34(30-20-24(3)6-9-25(30)4)21-31(35)32-26(5)27-10-12-28(13-11-27)33-18-16-23(2)17-19-33/h6-15,20,23,26H,16-19,21H2,1-5H3,(H,32,35). The third kappa shape index (κ3) is 6.38. The van der Waals surface area contributed by atoms with Crippen LogP contribution in [0.3, 0.4) is 0 Å². The fraction of sp³-hybridized carbons (Fsp3) is 0.387. The molecule has 3 aromatic rings. The molecule has 0 aliphatic carbocycles. The molecule has 202 valence electrons. The number of anilines is 2. The maximum atomic E-state index is 13.7. The molecule has 0 bridgehead atoms. The largest absolute Gasteiger partial charge is 0.372 e. The highest BCUT2D eigenvalue weighted by atomic mass is 32.2. The molecule has 6 nitrogen and oxygen atoms in total. The lowest BCUT2D eigenvalue weighted by Gasteiger charge is -2.32. The predicted molar refractivity (Wildman–Crippen MR) is 155 cm³/mol. The zero-order chi connectivity index (χ0) is 27.4. The second-order valence-corrected chi connectivity index (χ2v) is 12.5. The minimum atomic E-state index is -3.96. The predicted octanol–water partition coefficient (Wildman–Crippen LogP) is 5.92. The van der Waals surface area contributed by atoms with Crippen LogP contribution in [0.15, 0.2) is 71.6 Å². The Hall–Kier alpha value is -3.32. The van der Waals surface area contributed by atoms with Crippen LogP contribution in [0.1, 0.15) is 55.0 Å². The first-order chi connectivity index (χ1) is 18.0. The Balaban J connectivity index is 1.52. The fourth-order valence-electron chi connectivity index (χ4n) is 4.87. The molecule has 0 aromatic heterocycles. The van der Waals surface area contributed by atoms with Gasteiger partial charge in [-0.2, -0.15) is 0 Å². The van der Waals surface area contributed by atoms with Crippen LogP contribution < -0.4 is 14.5 Å². The Kier molecular flexibility index (Phi) is 8.46. The summed E-state index contributed by atoms with van der Waals surface area (Å²) in [6.07, 6.45) is 2.41. The van der Waals surface area contributed by atoms with E-state index in [2.05, 4.69) is 29.3 Å². The van der Waals surface area contributed by atoms with Crippen LogP contribution in [-0.2, 0) is 14.8 Å². The number of carbonyl (C=O) groups is 1. The van der Waals surface area contributed by atoms with Crippen LogP contribution in [0.4, 0.5) is 11.4 Å². The van der Waals surface area contributed by atoms with Crippen LogP contribution in [0.25, 0.3) is 0 Å². The molecular weight excluding hydrogens is 494 g/mol. The smallest absolute Gasteiger partial charge is 0.264 e. The SMILES string of the molecule is Cc1ccc(S(=O)(=O)N(CC(=O)NC(C)c2ccc(N3CCC(C)CC3)cc2)c2cc(C)ccc2C)cc1. The number of nitrogens with one attached hydrogen (secondary N) is 1. The number of carbonyl (C=O) groups excluding carboxylic acids is 1. The molecule has 4 rings (SSSR count). The Labute approximate surface area is 227 Å². The van der Waals surface area contributed by atoms with Gasteiger partial charge in [0.15, 0.2) is 0 Å². The van der Waals surface area contributed by atoms with E-state index in [0.717, 1.165) is 41.3 Å². The van der Waals surface area contributed by atoms with Crippen molar-refractivity contribution in [3.05, 3.63) is 89.0 Å². The molecule has 38 heavy (non-hydrogen) atoms. The van der Waals surface area contributed by atoms with Gasteiger partial charge in [-0.15, -0.1) is 0 Å². The van der Waals surface area contributed by atoms with Gasteiger partial charge in [-0.25, -0.2) is 8.42 Å². The number of piperidine rings is 1. The van der Waals surface area contributed by atoms with Crippen LogP contribution in [-0.4, -0.2) is 34.0 Å². The summed E-state index contributed by atoms with van der Waals surface area (Å²) in [6.45, 7) is 11.7. The van der Waals surface area contributed by atoms with Crippen molar-refractivity contribution in [2.75, 3.05) is 28.8 Å². The van der Waals surface area contributed by atoms with E-state index >= 15 is 0 Å². The molecule has 7 heteroatoms. The van der Waals surface area contributed by atoms with Gasteiger partial charge in [0.2, 0.25) is 5.91 Å². The van der Waals surface area contributed by atoms with Gasteiger partial charge in [0.1, 0.15) is 6.54 Å². The van der Waals surface area contributed by atoms with Crippen molar-refractivity contribution in [2.24, 2.45) is 5.92 Å². The van der Waals surface area contributed by atoms with Crippen molar-refractivity contribution in [3.8, 4) is 0 Å². The quantitative estimate of drug-likeness (QED) is 0.390. The average Bonchev–Trinajstić information content (AvgIpc) is 2.89. The van der Waals surface area contributed by atoms with Gasteiger partial charge < -0.3 is 10.2 Å². The fourth-order valence-corrected chi connectivity index (χ4v) is 6.34. The average molecular weight is 534 g/mol. The number of amides is 1. The number of sulfonamides is 1. The molecule has 1 aliphatic heterocycles. The van der Waals surface area contributed by atoms with E-state index in [4.69, 9.17) is 0 Å². The van der Waals surface area contributed by atoms with E-state index in [1.807, 2.05) is 58.0 Å². The maximum absolute atomic E-state index is 13.7. The van der Waals surface area contributed by atoms with Crippen molar-refractivity contribution in [3.63, 3.8) is 0 Å². The molecule has 0 radical (unpaired) electrons. The molecule has 3 aromatic carbocycles. The lowest BCUT2D eigenvalue weighted by molar-refractivity contribution is -0.120. The number of hydrogen-bond acceptors (Lipinski definition) is 4. The van der Waals surface area contributed by atoms with Gasteiger partial charge in [-0.05, 0) is 93.5 Å².